The van der Waals surface area contributed by atoms with Gasteiger partial charge < -0.3 is 10.5 Å². The molecule has 1 aromatic heterocycles. The maximum absolute atomic E-state index is 11.7. The van der Waals surface area contributed by atoms with Crippen LogP contribution in [-0.4, -0.2) is 41.5 Å². The van der Waals surface area contributed by atoms with Gasteiger partial charge in [0.2, 0.25) is 11.7 Å². The third-order valence-electron chi connectivity index (χ3n) is 2.88. The second-order valence-corrected chi connectivity index (χ2v) is 4.28. The summed E-state index contributed by atoms with van der Waals surface area (Å²) in [6, 6.07) is 0.648. The van der Waals surface area contributed by atoms with E-state index in [1.807, 2.05) is 0 Å². The highest BCUT2D eigenvalue weighted by atomic mass is 16.6. The number of aromatic nitrogens is 1. The third-order valence-corrected chi connectivity index (χ3v) is 2.88. The van der Waals surface area contributed by atoms with Gasteiger partial charge in [-0.3, -0.25) is 19.8 Å². The van der Waals surface area contributed by atoms with E-state index >= 15 is 0 Å². The Bertz CT molecular complexity index is 588. The van der Waals surface area contributed by atoms with E-state index in [1.165, 1.54) is 0 Å². The van der Waals surface area contributed by atoms with E-state index in [4.69, 9.17) is 5.73 Å². The zero-order valence-electron chi connectivity index (χ0n) is 10.6. The number of rotatable bonds is 3. The van der Waals surface area contributed by atoms with E-state index < -0.39 is 16.6 Å². The molecule has 1 saturated heterocycles. The molecule has 1 aliphatic rings. The fraction of sp³-hybridized carbons (Fsp3) is 0.364. The number of pyridine rings is 1. The van der Waals surface area contributed by atoms with Gasteiger partial charge in [0.25, 0.3) is 0 Å². The number of amides is 1. The number of nitrogens with zero attached hydrogens (tertiary/aromatic N) is 3. The van der Waals surface area contributed by atoms with Crippen molar-refractivity contribution in [1.29, 1.82) is 0 Å². The van der Waals surface area contributed by atoms with Crippen LogP contribution in [0.5, 0.6) is 0 Å². The first-order chi connectivity index (χ1) is 9.43. The van der Waals surface area contributed by atoms with E-state index in [2.05, 4.69) is 9.72 Å². The monoisotopic (exact) mass is 280 g/mol. The van der Waals surface area contributed by atoms with Crippen LogP contribution in [0.2, 0.25) is 0 Å². The molecule has 1 aromatic rings. The highest BCUT2D eigenvalue weighted by Gasteiger charge is 2.34. The highest BCUT2D eigenvalue weighted by molar-refractivity contribution is 5.98. The first-order valence-electron chi connectivity index (χ1n) is 5.72. The smallest absolute Gasteiger partial charge is 0.339 e. The number of anilines is 1. The van der Waals surface area contributed by atoms with Gasteiger partial charge in [0.1, 0.15) is 0 Å². The molecule has 1 amide bonds. The lowest BCUT2D eigenvalue weighted by Gasteiger charge is -2.15. The van der Waals surface area contributed by atoms with Crippen LogP contribution in [0.25, 0.3) is 0 Å². The zero-order chi connectivity index (χ0) is 14.9. The Balaban J connectivity index is 2.46. The van der Waals surface area contributed by atoms with Gasteiger partial charge in [-0.05, 0) is 0 Å². The first-order valence-corrected chi connectivity index (χ1v) is 5.72. The Morgan fingerprint density at radius 2 is 2.35 bits per heavy atom. The Morgan fingerprint density at radius 1 is 1.65 bits per heavy atom. The molecule has 106 valence electrons. The van der Waals surface area contributed by atoms with E-state index in [9.17, 15) is 19.7 Å². The molecule has 1 aliphatic heterocycles. The molecule has 0 aliphatic carbocycles. The number of hydrogen-bond acceptors (Lipinski definition) is 7. The third kappa shape index (κ3) is 2.43. The number of carbonyl (C=O) groups is 2. The van der Waals surface area contributed by atoms with Gasteiger partial charge in [-0.1, -0.05) is 0 Å². The second-order valence-electron chi connectivity index (χ2n) is 4.28. The predicted octanol–water partition coefficient (Wildman–Crippen LogP) is -0.160. The normalized spacial score (nSPS) is 18.2. The average molecular weight is 280 g/mol. The molecule has 2 heterocycles. The Hall–Kier alpha value is -2.55. The summed E-state index contributed by atoms with van der Waals surface area (Å²) in [6.07, 6.45) is 1.24. The number of methoxy groups -OCH3 is 1. The Labute approximate surface area is 113 Å². The molecule has 0 saturated carbocycles. The molecule has 9 heteroatoms. The van der Waals surface area contributed by atoms with Gasteiger partial charge >= 0.3 is 11.7 Å². The van der Waals surface area contributed by atoms with Crippen molar-refractivity contribution in [3.63, 3.8) is 0 Å². The average Bonchev–Trinajstić information content (AvgIpc) is 2.76. The summed E-state index contributed by atoms with van der Waals surface area (Å²) in [5.74, 6) is -1.18. The lowest BCUT2D eigenvalue weighted by Crippen LogP contribution is -2.29. The fourth-order valence-electron chi connectivity index (χ4n) is 1.96. The van der Waals surface area contributed by atoms with E-state index in [-0.39, 0.29) is 36.3 Å². The SMILES string of the molecule is COC(=O)c1cnc(N2CC(N)CC2=O)c([N+](=O)[O-])c1. The van der Waals surface area contributed by atoms with Crippen molar-refractivity contribution in [3.05, 3.63) is 27.9 Å². The Morgan fingerprint density at radius 3 is 2.85 bits per heavy atom. The minimum absolute atomic E-state index is 0.0566. The molecule has 0 bridgehead atoms. The molecule has 1 unspecified atom stereocenters. The number of nitrogens with two attached hydrogens (primary N) is 1. The van der Waals surface area contributed by atoms with Crippen LogP contribution in [0.1, 0.15) is 16.8 Å². The fourth-order valence-corrected chi connectivity index (χ4v) is 1.96. The molecule has 0 spiro atoms. The number of carbonyl (C=O) groups excluding carboxylic acids is 2. The number of esters is 1. The number of nitro groups is 1. The van der Waals surface area contributed by atoms with Gasteiger partial charge in [0.15, 0.2) is 0 Å². The molecule has 0 radical (unpaired) electrons. The van der Waals surface area contributed by atoms with Crippen molar-refractivity contribution in [2.24, 2.45) is 5.73 Å². The highest BCUT2D eigenvalue weighted by Crippen LogP contribution is 2.29. The van der Waals surface area contributed by atoms with Crippen LogP contribution >= 0.6 is 0 Å². The Kier molecular flexibility index (Phi) is 3.61. The maximum Gasteiger partial charge on any atom is 0.339 e. The van der Waals surface area contributed by atoms with Crippen LogP contribution in [0.3, 0.4) is 0 Å². The lowest BCUT2D eigenvalue weighted by molar-refractivity contribution is -0.384. The summed E-state index contributed by atoms with van der Waals surface area (Å²) in [6.45, 7) is 0.157. The van der Waals surface area contributed by atoms with Crippen LogP contribution < -0.4 is 10.6 Å². The first kappa shape index (κ1) is 13.9. The lowest BCUT2D eigenvalue weighted by atomic mass is 10.2. The second kappa shape index (κ2) is 5.21. The predicted molar refractivity (Wildman–Crippen MR) is 67.2 cm³/mol. The summed E-state index contributed by atoms with van der Waals surface area (Å²) < 4.78 is 4.47. The van der Waals surface area contributed by atoms with Gasteiger partial charge in [0, 0.05) is 31.3 Å². The largest absolute Gasteiger partial charge is 0.465 e. The van der Waals surface area contributed by atoms with Crippen molar-refractivity contribution >= 4 is 23.4 Å². The minimum Gasteiger partial charge on any atom is -0.465 e. The van der Waals surface area contributed by atoms with Crippen molar-refractivity contribution in [2.75, 3.05) is 18.6 Å². The van der Waals surface area contributed by atoms with Crippen LogP contribution in [0.15, 0.2) is 12.3 Å². The number of ether oxygens (including phenoxy) is 1. The van der Waals surface area contributed by atoms with Gasteiger partial charge in [-0.15, -0.1) is 0 Å². The van der Waals surface area contributed by atoms with E-state index in [1.54, 1.807) is 0 Å². The molecule has 1 fully saturated rings. The topological polar surface area (TPSA) is 129 Å². The zero-order valence-corrected chi connectivity index (χ0v) is 10.6. The van der Waals surface area contributed by atoms with Gasteiger partial charge in [-0.25, -0.2) is 9.78 Å². The summed E-state index contributed by atoms with van der Waals surface area (Å²) in [5, 5.41) is 11.1. The van der Waals surface area contributed by atoms with E-state index in [0.29, 0.717) is 0 Å². The molecule has 0 aromatic carbocycles. The standard InChI is InChI=1S/C11H12N4O5/c1-20-11(17)6-2-8(15(18)19)10(13-4-6)14-5-7(12)3-9(14)16/h2,4,7H,3,5,12H2,1H3. The van der Waals surface area contributed by atoms with Crippen molar-refractivity contribution in [3.8, 4) is 0 Å². The van der Waals surface area contributed by atoms with Gasteiger partial charge in [0.05, 0.1) is 17.6 Å². The quantitative estimate of drug-likeness (QED) is 0.462. The van der Waals surface area contributed by atoms with Gasteiger partial charge in [-0.2, -0.15) is 0 Å². The van der Waals surface area contributed by atoms with Crippen molar-refractivity contribution in [1.82, 2.24) is 4.98 Å². The molecular weight excluding hydrogens is 268 g/mol. The van der Waals surface area contributed by atoms with Crippen LogP contribution in [0, 0.1) is 10.1 Å². The van der Waals surface area contributed by atoms with Crippen LogP contribution in [-0.2, 0) is 9.53 Å². The molecule has 2 rings (SSSR count). The minimum atomic E-state index is -0.739. The van der Waals surface area contributed by atoms with Crippen LogP contribution in [0.4, 0.5) is 11.5 Å². The van der Waals surface area contributed by atoms with Crippen molar-refractivity contribution < 1.29 is 19.2 Å². The van der Waals surface area contributed by atoms with Crippen molar-refractivity contribution in [2.45, 2.75) is 12.5 Å². The summed E-state index contributed by atoms with van der Waals surface area (Å²) in [4.78, 5) is 38.4. The molecule has 1 atom stereocenters. The molecule has 2 N–H and O–H groups in total. The maximum atomic E-state index is 11.7. The number of hydrogen-bond donors (Lipinski definition) is 1. The summed E-state index contributed by atoms with van der Waals surface area (Å²) in [5.41, 5.74) is 5.15. The molecule has 20 heavy (non-hydrogen) atoms. The summed E-state index contributed by atoms with van der Waals surface area (Å²) in [7, 11) is 1.16. The summed E-state index contributed by atoms with van der Waals surface area (Å²) >= 11 is 0. The van der Waals surface area contributed by atoms with E-state index in [0.717, 1.165) is 24.3 Å². The molecular formula is C11H12N4O5. The molecule has 9 nitrogen and oxygen atoms in total.